The van der Waals surface area contributed by atoms with E-state index >= 15 is 0 Å². The van der Waals surface area contributed by atoms with E-state index in [1.165, 1.54) is 17.0 Å². The zero-order valence-electron chi connectivity index (χ0n) is 19.3. The molecule has 6 nitrogen and oxygen atoms in total. The van der Waals surface area contributed by atoms with Gasteiger partial charge in [-0.2, -0.15) is 0 Å². The third-order valence-corrected chi connectivity index (χ3v) is 6.37. The summed E-state index contributed by atoms with van der Waals surface area (Å²) in [5.74, 6) is -0.116. The number of hydrogen-bond donors (Lipinski definition) is 0. The number of carbonyl (C=O) groups is 2. The lowest BCUT2D eigenvalue weighted by Crippen LogP contribution is -2.44. The summed E-state index contributed by atoms with van der Waals surface area (Å²) in [4.78, 5) is 27.5. The molecule has 0 aliphatic carbocycles. The number of rotatable bonds is 7. The minimum absolute atomic E-state index is 0.0547. The summed E-state index contributed by atoms with van der Waals surface area (Å²) in [7, 11) is 0. The summed E-state index contributed by atoms with van der Waals surface area (Å²) in [6, 6.07) is 22.1. The summed E-state index contributed by atoms with van der Waals surface area (Å²) in [6.07, 6.45) is 0.394. The van der Waals surface area contributed by atoms with Gasteiger partial charge in [0.25, 0.3) is 0 Å². The third kappa shape index (κ3) is 5.57. The molecule has 1 heterocycles. The van der Waals surface area contributed by atoms with E-state index in [-0.39, 0.29) is 25.6 Å². The smallest absolute Gasteiger partial charge is 0.339 e. The van der Waals surface area contributed by atoms with E-state index in [0.29, 0.717) is 24.4 Å². The number of anilines is 1. The maximum absolute atomic E-state index is 13.2. The molecule has 0 radical (unpaired) electrons. The highest BCUT2D eigenvalue weighted by molar-refractivity contribution is 6.36. The first-order valence-electron chi connectivity index (χ1n) is 11.4. The first-order valence-corrected chi connectivity index (χ1v) is 11.7. The van der Waals surface area contributed by atoms with Crippen LogP contribution in [0.4, 0.5) is 14.9 Å². The van der Waals surface area contributed by atoms with Gasteiger partial charge < -0.3 is 14.4 Å². The number of halogens is 2. The van der Waals surface area contributed by atoms with Gasteiger partial charge in [0.15, 0.2) is 0 Å². The lowest BCUT2D eigenvalue weighted by atomic mass is 9.88. The SMILES string of the molecule is CCOC(=O)C1(COc2ccc(-c3ccc(F)cc3)cc2)CCN(C(=O)N(Cl)c2ccccc2)C1. The van der Waals surface area contributed by atoms with Gasteiger partial charge in [-0.15, -0.1) is 0 Å². The van der Waals surface area contributed by atoms with E-state index in [2.05, 4.69) is 0 Å². The number of carbonyl (C=O) groups excluding carboxylic acids is 2. The zero-order valence-corrected chi connectivity index (χ0v) is 20.1. The van der Waals surface area contributed by atoms with E-state index in [9.17, 15) is 14.0 Å². The van der Waals surface area contributed by atoms with Gasteiger partial charge in [0.1, 0.15) is 23.6 Å². The van der Waals surface area contributed by atoms with Crippen LogP contribution >= 0.6 is 11.8 Å². The molecule has 8 heteroatoms. The molecule has 2 amide bonds. The van der Waals surface area contributed by atoms with Crippen LogP contribution in [-0.2, 0) is 9.53 Å². The van der Waals surface area contributed by atoms with E-state index in [4.69, 9.17) is 21.3 Å². The van der Waals surface area contributed by atoms with Crippen molar-refractivity contribution < 1.29 is 23.5 Å². The maximum atomic E-state index is 13.2. The first kappa shape index (κ1) is 24.5. The average molecular weight is 497 g/mol. The highest BCUT2D eigenvalue weighted by atomic mass is 35.5. The number of esters is 1. The highest BCUT2D eigenvalue weighted by Crippen LogP contribution is 2.35. The summed E-state index contributed by atoms with van der Waals surface area (Å²) < 4.78 is 25.6. The highest BCUT2D eigenvalue weighted by Gasteiger charge is 2.49. The van der Waals surface area contributed by atoms with Gasteiger partial charge in [-0.3, -0.25) is 4.79 Å². The van der Waals surface area contributed by atoms with Crippen LogP contribution in [0.3, 0.4) is 0 Å². The Labute approximate surface area is 208 Å². The Morgan fingerprint density at radius 3 is 2.26 bits per heavy atom. The molecule has 0 bridgehead atoms. The molecule has 0 aromatic heterocycles. The maximum Gasteiger partial charge on any atom is 0.339 e. The van der Waals surface area contributed by atoms with E-state index in [1.807, 2.05) is 18.2 Å². The van der Waals surface area contributed by atoms with Crippen molar-refractivity contribution in [2.75, 3.05) is 30.7 Å². The number of benzene rings is 3. The van der Waals surface area contributed by atoms with E-state index in [1.54, 1.807) is 55.5 Å². The molecule has 1 fully saturated rings. The second-order valence-electron chi connectivity index (χ2n) is 8.39. The molecule has 1 atom stereocenters. The number of hydrogen-bond acceptors (Lipinski definition) is 4. The number of ether oxygens (including phenoxy) is 2. The Hall–Kier alpha value is -3.58. The second-order valence-corrected chi connectivity index (χ2v) is 8.73. The quantitative estimate of drug-likeness (QED) is 0.301. The van der Waals surface area contributed by atoms with Gasteiger partial charge in [0, 0.05) is 24.9 Å². The summed E-state index contributed by atoms with van der Waals surface area (Å²) >= 11 is 6.29. The van der Waals surface area contributed by atoms with Crippen LogP contribution in [0.1, 0.15) is 13.3 Å². The van der Waals surface area contributed by atoms with Gasteiger partial charge in [-0.05, 0) is 60.9 Å². The van der Waals surface area contributed by atoms with E-state index < -0.39 is 17.4 Å². The predicted octanol–water partition coefficient (Wildman–Crippen LogP) is 5.91. The molecule has 182 valence electrons. The van der Waals surface area contributed by atoms with Crippen molar-refractivity contribution in [3.8, 4) is 16.9 Å². The molecule has 0 spiro atoms. The van der Waals surface area contributed by atoms with Crippen molar-refractivity contribution in [2.45, 2.75) is 13.3 Å². The average Bonchev–Trinajstić information content (AvgIpc) is 3.34. The molecule has 4 rings (SSSR count). The fraction of sp³-hybridized carbons (Fsp3) is 0.259. The Balaban J connectivity index is 1.45. The third-order valence-electron chi connectivity index (χ3n) is 6.03. The van der Waals surface area contributed by atoms with Crippen molar-refractivity contribution in [3.05, 3.63) is 84.7 Å². The van der Waals surface area contributed by atoms with Gasteiger partial charge in [0.05, 0.1) is 12.3 Å². The number of amides is 2. The van der Waals surface area contributed by atoms with Gasteiger partial charge in [-0.1, -0.05) is 42.5 Å². The molecule has 3 aromatic rings. The Morgan fingerprint density at radius 1 is 1.00 bits per heavy atom. The monoisotopic (exact) mass is 496 g/mol. The molecule has 0 N–H and O–H groups in total. The Kier molecular flexibility index (Phi) is 7.56. The summed E-state index contributed by atoms with van der Waals surface area (Å²) in [5, 5.41) is 0. The van der Waals surface area contributed by atoms with Crippen molar-refractivity contribution in [1.82, 2.24) is 4.90 Å². The normalized spacial score (nSPS) is 17.2. The van der Waals surface area contributed by atoms with Crippen molar-refractivity contribution in [1.29, 1.82) is 0 Å². The van der Waals surface area contributed by atoms with Crippen LogP contribution < -0.4 is 9.16 Å². The first-order chi connectivity index (χ1) is 16.9. The van der Waals surface area contributed by atoms with Crippen LogP contribution in [0.25, 0.3) is 11.1 Å². The molecule has 1 aliphatic rings. The number of urea groups is 1. The second kappa shape index (κ2) is 10.8. The molecular weight excluding hydrogens is 471 g/mol. The number of nitrogens with zero attached hydrogens (tertiary/aromatic N) is 2. The fourth-order valence-electron chi connectivity index (χ4n) is 4.06. The zero-order chi connectivity index (χ0) is 24.8. The standard InChI is InChI=1S/C27H26ClFN2O4/c1-2-34-25(32)27(16-17-30(18-27)26(33)31(28)23-6-4-3-5-7-23)19-35-24-14-10-21(11-15-24)20-8-12-22(29)13-9-20/h3-15H,2,16-19H2,1H3. The lowest BCUT2D eigenvalue weighted by Gasteiger charge is -2.28. The fourth-order valence-corrected chi connectivity index (χ4v) is 4.28. The Morgan fingerprint density at radius 2 is 1.63 bits per heavy atom. The molecule has 1 aliphatic heterocycles. The van der Waals surface area contributed by atoms with E-state index in [0.717, 1.165) is 15.5 Å². The molecule has 1 saturated heterocycles. The molecule has 35 heavy (non-hydrogen) atoms. The number of para-hydroxylation sites is 1. The predicted molar refractivity (Wildman–Crippen MR) is 133 cm³/mol. The van der Waals surface area contributed by atoms with Crippen molar-refractivity contribution >= 4 is 29.5 Å². The van der Waals surface area contributed by atoms with Crippen molar-refractivity contribution in [2.24, 2.45) is 5.41 Å². The molecule has 1 unspecified atom stereocenters. The van der Waals surface area contributed by atoms with Crippen LogP contribution in [0.5, 0.6) is 5.75 Å². The minimum Gasteiger partial charge on any atom is -0.492 e. The largest absolute Gasteiger partial charge is 0.492 e. The van der Waals surface area contributed by atoms with Gasteiger partial charge in [-0.25, -0.2) is 13.6 Å². The van der Waals surface area contributed by atoms with Gasteiger partial charge >= 0.3 is 12.0 Å². The number of likely N-dealkylation sites (tertiary alicyclic amines) is 1. The molecular formula is C27H26ClFN2O4. The molecule has 3 aromatic carbocycles. The van der Waals surface area contributed by atoms with Crippen LogP contribution in [0.2, 0.25) is 0 Å². The van der Waals surface area contributed by atoms with Crippen LogP contribution in [-0.4, -0.2) is 43.2 Å². The topological polar surface area (TPSA) is 59.1 Å². The van der Waals surface area contributed by atoms with Gasteiger partial charge in [0.2, 0.25) is 0 Å². The van der Waals surface area contributed by atoms with Crippen LogP contribution in [0.15, 0.2) is 78.9 Å². The lowest BCUT2D eigenvalue weighted by molar-refractivity contribution is -0.156. The summed E-state index contributed by atoms with van der Waals surface area (Å²) in [6.45, 7) is 2.51. The minimum atomic E-state index is -1.00. The summed E-state index contributed by atoms with van der Waals surface area (Å²) in [5.41, 5.74) is 1.34. The van der Waals surface area contributed by atoms with Crippen molar-refractivity contribution in [3.63, 3.8) is 0 Å². The van der Waals surface area contributed by atoms with Crippen LogP contribution in [0, 0.1) is 11.2 Å². The molecule has 0 saturated carbocycles. The Bertz CT molecular complexity index is 1160.